The maximum atomic E-state index is 11.9. The molecule has 1 aromatic carbocycles. The number of aromatic amines is 1. The Hall–Kier alpha value is -2.90. The Kier molecular flexibility index (Phi) is 3.94. The van der Waals surface area contributed by atoms with Crippen LogP contribution < -0.4 is 11.1 Å². The molecule has 1 amide bonds. The van der Waals surface area contributed by atoms with Crippen molar-refractivity contribution in [3.63, 3.8) is 0 Å². The standard InChI is InChI=1S/C12H13N5O3/c13-9-3-1-2-8(11(9)17(19)20)12(18)16-5-4-10-14-6-7-15-10/h1-3,6-7H,4-5,13H2,(H,14,15)(H,16,18). The maximum Gasteiger partial charge on any atom is 0.304 e. The van der Waals surface area contributed by atoms with Gasteiger partial charge in [-0.25, -0.2) is 4.98 Å². The highest BCUT2D eigenvalue weighted by molar-refractivity contribution is 6.00. The summed E-state index contributed by atoms with van der Waals surface area (Å²) in [5.74, 6) is 0.197. The predicted octanol–water partition coefficient (Wildman–Crippen LogP) is 0.873. The highest BCUT2D eigenvalue weighted by Crippen LogP contribution is 2.25. The number of carbonyl (C=O) groups excluding carboxylic acids is 1. The minimum atomic E-state index is -0.656. The minimum Gasteiger partial charge on any atom is -0.393 e. The Labute approximate surface area is 114 Å². The van der Waals surface area contributed by atoms with E-state index in [9.17, 15) is 14.9 Å². The number of carbonyl (C=O) groups is 1. The first-order valence-corrected chi connectivity index (χ1v) is 5.89. The van der Waals surface area contributed by atoms with E-state index in [1.807, 2.05) is 0 Å². The third kappa shape index (κ3) is 2.91. The van der Waals surface area contributed by atoms with E-state index < -0.39 is 10.8 Å². The van der Waals surface area contributed by atoms with Crippen molar-refractivity contribution in [3.05, 3.63) is 52.1 Å². The van der Waals surface area contributed by atoms with Gasteiger partial charge in [-0.2, -0.15) is 0 Å². The van der Waals surface area contributed by atoms with Gasteiger partial charge < -0.3 is 16.0 Å². The van der Waals surface area contributed by atoms with Crippen molar-refractivity contribution in [3.8, 4) is 0 Å². The molecular weight excluding hydrogens is 262 g/mol. The van der Waals surface area contributed by atoms with E-state index in [2.05, 4.69) is 15.3 Å². The van der Waals surface area contributed by atoms with Crippen molar-refractivity contribution in [1.82, 2.24) is 15.3 Å². The van der Waals surface area contributed by atoms with Crippen molar-refractivity contribution < 1.29 is 9.72 Å². The number of hydrogen-bond donors (Lipinski definition) is 3. The number of hydrogen-bond acceptors (Lipinski definition) is 5. The van der Waals surface area contributed by atoms with Crippen molar-refractivity contribution in [2.45, 2.75) is 6.42 Å². The summed E-state index contributed by atoms with van der Waals surface area (Å²) in [5, 5.41) is 13.5. The van der Waals surface area contributed by atoms with Crippen LogP contribution in [0.4, 0.5) is 11.4 Å². The molecule has 0 spiro atoms. The number of nitro benzene ring substituents is 1. The van der Waals surface area contributed by atoms with Crippen molar-refractivity contribution in [2.24, 2.45) is 0 Å². The zero-order chi connectivity index (χ0) is 14.5. The van der Waals surface area contributed by atoms with E-state index >= 15 is 0 Å². The number of anilines is 1. The van der Waals surface area contributed by atoms with E-state index in [4.69, 9.17) is 5.73 Å². The zero-order valence-electron chi connectivity index (χ0n) is 10.5. The second-order valence-corrected chi connectivity index (χ2v) is 4.04. The molecule has 20 heavy (non-hydrogen) atoms. The molecule has 0 aliphatic heterocycles. The van der Waals surface area contributed by atoms with Crippen LogP contribution in [0.1, 0.15) is 16.2 Å². The molecule has 0 saturated heterocycles. The van der Waals surface area contributed by atoms with E-state index in [1.54, 1.807) is 12.4 Å². The number of nitrogens with two attached hydrogens (primary N) is 1. The lowest BCUT2D eigenvalue weighted by Gasteiger charge is -2.06. The van der Waals surface area contributed by atoms with Gasteiger partial charge in [-0.3, -0.25) is 14.9 Å². The van der Waals surface area contributed by atoms with E-state index in [0.717, 1.165) is 5.82 Å². The van der Waals surface area contributed by atoms with Crippen LogP contribution in [0.2, 0.25) is 0 Å². The number of nitrogen functional groups attached to an aromatic ring is 1. The fourth-order valence-electron chi connectivity index (χ4n) is 1.77. The fraction of sp³-hybridized carbons (Fsp3) is 0.167. The fourth-order valence-corrected chi connectivity index (χ4v) is 1.77. The number of rotatable bonds is 5. The molecule has 2 aromatic rings. The zero-order valence-corrected chi connectivity index (χ0v) is 10.5. The average Bonchev–Trinajstić information content (AvgIpc) is 2.91. The van der Waals surface area contributed by atoms with Crippen LogP contribution in [0.25, 0.3) is 0 Å². The summed E-state index contributed by atoms with van der Waals surface area (Å²) in [7, 11) is 0. The van der Waals surface area contributed by atoms with E-state index in [1.165, 1.54) is 18.2 Å². The Morgan fingerprint density at radius 3 is 2.95 bits per heavy atom. The van der Waals surface area contributed by atoms with Crippen LogP contribution in [0, 0.1) is 10.1 Å². The Balaban J connectivity index is 2.06. The quantitative estimate of drug-likeness (QED) is 0.424. The van der Waals surface area contributed by atoms with Gasteiger partial charge in [-0.15, -0.1) is 0 Å². The summed E-state index contributed by atoms with van der Waals surface area (Å²) < 4.78 is 0. The Bertz CT molecular complexity index is 624. The molecule has 0 aliphatic carbocycles. The summed E-state index contributed by atoms with van der Waals surface area (Å²) >= 11 is 0. The highest BCUT2D eigenvalue weighted by Gasteiger charge is 2.22. The maximum absolute atomic E-state index is 11.9. The van der Waals surface area contributed by atoms with Gasteiger partial charge in [0.1, 0.15) is 17.1 Å². The van der Waals surface area contributed by atoms with Crippen LogP contribution in [0.5, 0.6) is 0 Å². The number of amides is 1. The average molecular weight is 275 g/mol. The molecule has 1 aromatic heterocycles. The van der Waals surface area contributed by atoms with E-state index in [0.29, 0.717) is 13.0 Å². The monoisotopic (exact) mass is 275 g/mol. The van der Waals surface area contributed by atoms with Gasteiger partial charge in [0.2, 0.25) is 0 Å². The van der Waals surface area contributed by atoms with Crippen LogP contribution >= 0.6 is 0 Å². The van der Waals surface area contributed by atoms with Crippen LogP contribution in [0.3, 0.4) is 0 Å². The Morgan fingerprint density at radius 1 is 1.50 bits per heavy atom. The summed E-state index contributed by atoms with van der Waals surface area (Å²) in [4.78, 5) is 29.1. The lowest BCUT2D eigenvalue weighted by atomic mass is 10.1. The summed E-state index contributed by atoms with van der Waals surface area (Å²) in [6.45, 7) is 0.318. The number of nitrogens with one attached hydrogen (secondary N) is 2. The molecule has 0 saturated carbocycles. The lowest BCUT2D eigenvalue weighted by molar-refractivity contribution is -0.384. The SMILES string of the molecule is Nc1cccc(C(=O)NCCc2ncc[nH]2)c1[N+](=O)[O-]. The second kappa shape index (κ2) is 5.83. The lowest BCUT2D eigenvalue weighted by Crippen LogP contribution is -2.26. The molecule has 0 atom stereocenters. The molecule has 1 heterocycles. The van der Waals surface area contributed by atoms with Gasteiger partial charge in [0, 0.05) is 25.4 Å². The first-order valence-electron chi connectivity index (χ1n) is 5.89. The molecule has 104 valence electrons. The first-order chi connectivity index (χ1) is 9.59. The number of para-hydroxylation sites is 1. The molecule has 8 heteroatoms. The van der Waals surface area contributed by atoms with Gasteiger partial charge in [0.15, 0.2) is 0 Å². The topological polar surface area (TPSA) is 127 Å². The van der Waals surface area contributed by atoms with Crippen LogP contribution in [0.15, 0.2) is 30.6 Å². The second-order valence-electron chi connectivity index (χ2n) is 4.04. The molecule has 0 fully saturated rings. The number of aromatic nitrogens is 2. The number of benzene rings is 1. The number of nitrogens with zero attached hydrogens (tertiary/aromatic N) is 2. The number of nitro groups is 1. The van der Waals surface area contributed by atoms with Crippen molar-refractivity contribution in [2.75, 3.05) is 12.3 Å². The van der Waals surface area contributed by atoms with Crippen molar-refractivity contribution in [1.29, 1.82) is 0 Å². The van der Waals surface area contributed by atoms with Gasteiger partial charge >= 0.3 is 5.69 Å². The smallest absolute Gasteiger partial charge is 0.304 e. The summed E-state index contributed by atoms with van der Waals surface area (Å²) in [6.07, 6.45) is 3.80. The minimum absolute atomic E-state index is 0.0336. The molecule has 0 unspecified atom stereocenters. The third-order valence-corrected chi connectivity index (χ3v) is 2.70. The summed E-state index contributed by atoms with van der Waals surface area (Å²) in [5.41, 5.74) is 5.08. The number of H-pyrrole nitrogens is 1. The first kappa shape index (κ1) is 13.5. The largest absolute Gasteiger partial charge is 0.393 e. The Morgan fingerprint density at radius 2 is 2.30 bits per heavy atom. The van der Waals surface area contributed by atoms with Gasteiger partial charge in [0.05, 0.1) is 4.92 Å². The highest BCUT2D eigenvalue weighted by atomic mass is 16.6. The molecule has 4 N–H and O–H groups in total. The number of imidazole rings is 1. The van der Waals surface area contributed by atoms with E-state index in [-0.39, 0.29) is 16.9 Å². The third-order valence-electron chi connectivity index (χ3n) is 2.70. The molecule has 0 radical (unpaired) electrons. The van der Waals surface area contributed by atoms with Gasteiger partial charge in [-0.1, -0.05) is 6.07 Å². The molecule has 0 bridgehead atoms. The normalized spacial score (nSPS) is 10.2. The van der Waals surface area contributed by atoms with Gasteiger partial charge in [-0.05, 0) is 12.1 Å². The molecular formula is C12H13N5O3. The predicted molar refractivity (Wildman–Crippen MR) is 72.1 cm³/mol. The van der Waals surface area contributed by atoms with Gasteiger partial charge in [0.25, 0.3) is 5.91 Å². The molecule has 0 aliphatic rings. The van der Waals surface area contributed by atoms with Crippen LogP contribution in [-0.4, -0.2) is 27.3 Å². The molecule has 2 rings (SSSR count). The van der Waals surface area contributed by atoms with Crippen LogP contribution in [-0.2, 0) is 6.42 Å². The molecule has 8 nitrogen and oxygen atoms in total. The summed E-state index contributed by atoms with van der Waals surface area (Å²) in [6, 6.07) is 4.26. The van der Waals surface area contributed by atoms with Crippen molar-refractivity contribution >= 4 is 17.3 Å².